The van der Waals surface area contributed by atoms with Crippen molar-refractivity contribution in [1.29, 1.82) is 0 Å². The average Bonchev–Trinajstić information content (AvgIpc) is 3.02. The number of ether oxygens (including phenoxy) is 1. The van der Waals surface area contributed by atoms with Gasteiger partial charge in [-0.1, -0.05) is 0 Å². The maximum absolute atomic E-state index is 12.6. The predicted molar refractivity (Wildman–Crippen MR) is 101 cm³/mol. The third kappa shape index (κ3) is 3.54. The van der Waals surface area contributed by atoms with Gasteiger partial charge in [0.05, 0.1) is 12.1 Å². The lowest BCUT2D eigenvalue weighted by atomic mass is 10.1. The molecule has 0 radical (unpaired) electrons. The second-order valence-corrected chi connectivity index (χ2v) is 6.55. The van der Waals surface area contributed by atoms with E-state index in [4.69, 9.17) is 4.74 Å². The number of pyridine rings is 1. The Morgan fingerprint density at radius 3 is 2.91 bits per heavy atom. The molecule has 3 rings (SSSR count). The lowest BCUT2D eigenvalue weighted by Gasteiger charge is -2.18. The van der Waals surface area contributed by atoms with Gasteiger partial charge in [-0.05, 0) is 60.7 Å². The predicted octanol–water partition coefficient (Wildman–Crippen LogP) is 2.74. The van der Waals surface area contributed by atoms with Gasteiger partial charge in [0.25, 0.3) is 0 Å². The van der Waals surface area contributed by atoms with Gasteiger partial charge in [0.15, 0.2) is 0 Å². The molecule has 1 aliphatic heterocycles. The molecular formula is C16H18ClIN2O3. The van der Waals surface area contributed by atoms with Crippen molar-refractivity contribution >= 4 is 51.9 Å². The minimum absolute atomic E-state index is 0. The van der Waals surface area contributed by atoms with Gasteiger partial charge in [0.2, 0.25) is 5.43 Å². The topological polar surface area (TPSA) is 60.3 Å². The molecule has 1 N–H and O–H groups in total. The number of nitrogens with zero attached hydrogens (tertiary/aromatic N) is 1. The number of halogens is 2. The quantitative estimate of drug-likeness (QED) is 0.579. The monoisotopic (exact) mass is 448 g/mol. The molecule has 0 amide bonds. The van der Waals surface area contributed by atoms with E-state index < -0.39 is 5.97 Å². The van der Waals surface area contributed by atoms with Crippen LogP contribution in [0.2, 0.25) is 0 Å². The molecule has 0 spiro atoms. The van der Waals surface area contributed by atoms with Crippen LogP contribution in [0.5, 0.6) is 0 Å². The van der Waals surface area contributed by atoms with Crippen molar-refractivity contribution in [2.45, 2.75) is 19.4 Å². The highest BCUT2D eigenvalue weighted by molar-refractivity contribution is 14.1. The van der Waals surface area contributed by atoms with E-state index in [-0.39, 0.29) is 36.0 Å². The molecule has 2 heterocycles. The number of nitrogens with one attached hydrogen (secondary N) is 1. The zero-order valence-electron chi connectivity index (χ0n) is 12.7. The normalized spacial score (nSPS) is 17.0. The Hall–Kier alpha value is -1.12. The van der Waals surface area contributed by atoms with Gasteiger partial charge in [-0.3, -0.25) is 4.79 Å². The van der Waals surface area contributed by atoms with Crippen LogP contribution in [-0.2, 0) is 4.74 Å². The molecule has 0 saturated carbocycles. The number of carbonyl (C=O) groups excluding carboxylic acids is 1. The minimum Gasteiger partial charge on any atom is -0.462 e. The van der Waals surface area contributed by atoms with E-state index in [9.17, 15) is 9.59 Å². The van der Waals surface area contributed by atoms with Crippen LogP contribution in [0.25, 0.3) is 10.9 Å². The van der Waals surface area contributed by atoms with Crippen LogP contribution in [0.15, 0.2) is 29.2 Å². The molecule has 0 aliphatic carbocycles. The van der Waals surface area contributed by atoms with Crippen molar-refractivity contribution in [2.75, 3.05) is 19.7 Å². The summed E-state index contributed by atoms with van der Waals surface area (Å²) in [6, 6.07) is 6.01. The smallest absolute Gasteiger partial charge is 0.343 e. The van der Waals surface area contributed by atoms with E-state index in [0.717, 1.165) is 28.6 Å². The summed E-state index contributed by atoms with van der Waals surface area (Å²) in [6.07, 6.45) is 2.64. The zero-order chi connectivity index (χ0) is 15.7. The highest BCUT2D eigenvalue weighted by Crippen LogP contribution is 2.23. The van der Waals surface area contributed by atoms with Crippen LogP contribution in [-0.4, -0.2) is 30.2 Å². The standard InChI is InChI=1S/C16H17IN2O3.ClH/c1-2-22-16(21)13-9-19(11-5-6-18-8-11)14-4-3-10(17)7-12(14)15(13)20;/h3-4,7,9,11,18H,2,5-6,8H2,1H3;1H/t11-;/m1./s1. The first-order chi connectivity index (χ1) is 10.6. The fourth-order valence-corrected chi connectivity index (χ4v) is 3.35. The van der Waals surface area contributed by atoms with Crippen molar-refractivity contribution in [2.24, 2.45) is 0 Å². The van der Waals surface area contributed by atoms with E-state index in [2.05, 4.69) is 27.9 Å². The van der Waals surface area contributed by atoms with Gasteiger partial charge in [-0.2, -0.15) is 0 Å². The number of fused-ring (bicyclic) bond motifs is 1. The molecule has 5 nitrogen and oxygen atoms in total. The maximum Gasteiger partial charge on any atom is 0.343 e. The van der Waals surface area contributed by atoms with Crippen molar-refractivity contribution in [3.05, 3.63) is 43.8 Å². The molecule has 1 fully saturated rings. The lowest BCUT2D eigenvalue weighted by Crippen LogP contribution is -2.23. The first kappa shape index (κ1) is 18.2. The first-order valence-electron chi connectivity index (χ1n) is 7.34. The minimum atomic E-state index is -0.548. The van der Waals surface area contributed by atoms with Crippen LogP contribution in [0, 0.1) is 3.57 Å². The Morgan fingerprint density at radius 1 is 1.48 bits per heavy atom. The van der Waals surface area contributed by atoms with E-state index in [0.29, 0.717) is 5.39 Å². The Balaban J connectivity index is 0.00000192. The number of hydrogen-bond donors (Lipinski definition) is 1. The summed E-state index contributed by atoms with van der Waals surface area (Å²) >= 11 is 2.17. The van der Waals surface area contributed by atoms with Gasteiger partial charge >= 0.3 is 5.97 Å². The Labute approximate surface area is 153 Å². The summed E-state index contributed by atoms with van der Waals surface area (Å²) in [5.74, 6) is -0.548. The Morgan fingerprint density at radius 2 is 2.26 bits per heavy atom. The number of benzene rings is 1. The zero-order valence-corrected chi connectivity index (χ0v) is 15.6. The molecule has 23 heavy (non-hydrogen) atoms. The van der Waals surface area contributed by atoms with E-state index >= 15 is 0 Å². The molecule has 1 atom stereocenters. The second-order valence-electron chi connectivity index (χ2n) is 5.31. The molecule has 1 saturated heterocycles. The summed E-state index contributed by atoms with van der Waals surface area (Å²) in [4.78, 5) is 24.7. The van der Waals surface area contributed by atoms with Crippen LogP contribution in [0.1, 0.15) is 29.7 Å². The largest absolute Gasteiger partial charge is 0.462 e. The van der Waals surface area contributed by atoms with Gasteiger partial charge in [0.1, 0.15) is 5.56 Å². The van der Waals surface area contributed by atoms with Gasteiger partial charge < -0.3 is 14.6 Å². The summed E-state index contributed by atoms with van der Waals surface area (Å²) in [7, 11) is 0. The molecule has 1 aromatic heterocycles. The Bertz CT molecular complexity index is 785. The van der Waals surface area contributed by atoms with Crippen LogP contribution < -0.4 is 10.7 Å². The number of hydrogen-bond acceptors (Lipinski definition) is 4. The summed E-state index contributed by atoms with van der Waals surface area (Å²) in [6.45, 7) is 3.78. The van der Waals surface area contributed by atoms with Crippen molar-refractivity contribution < 1.29 is 9.53 Å². The number of rotatable bonds is 3. The molecular weight excluding hydrogens is 431 g/mol. The van der Waals surface area contributed by atoms with Crippen LogP contribution >= 0.6 is 35.0 Å². The average molecular weight is 449 g/mol. The van der Waals surface area contributed by atoms with Crippen LogP contribution in [0.3, 0.4) is 0 Å². The highest BCUT2D eigenvalue weighted by Gasteiger charge is 2.22. The lowest BCUT2D eigenvalue weighted by molar-refractivity contribution is 0.0524. The van der Waals surface area contributed by atoms with Gasteiger partial charge in [-0.15, -0.1) is 12.4 Å². The van der Waals surface area contributed by atoms with Gasteiger partial charge in [0, 0.05) is 27.7 Å². The molecule has 0 bridgehead atoms. The summed E-state index contributed by atoms with van der Waals surface area (Å²) in [5, 5.41) is 3.89. The second kappa shape index (κ2) is 7.63. The molecule has 1 aliphatic rings. The highest BCUT2D eigenvalue weighted by atomic mass is 127. The number of aromatic nitrogens is 1. The molecule has 1 aromatic carbocycles. The first-order valence-corrected chi connectivity index (χ1v) is 8.42. The number of esters is 1. The van der Waals surface area contributed by atoms with Crippen LogP contribution in [0.4, 0.5) is 0 Å². The van der Waals surface area contributed by atoms with Crippen molar-refractivity contribution in [3.8, 4) is 0 Å². The SMILES string of the molecule is CCOC(=O)c1cn([C@@H]2CCNC2)c2ccc(I)cc2c1=O.Cl. The molecule has 124 valence electrons. The summed E-state index contributed by atoms with van der Waals surface area (Å²) in [5.41, 5.74) is 0.726. The third-order valence-electron chi connectivity index (χ3n) is 3.92. The van der Waals surface area contributed by atoms with Crippen molar-refractivity contribution in [1.82, 2.24) is 9.88 Å². The maximum atomic E-state index is 12.6. The molecule has 0 unspecified atom stereocenters. The van der Waals surface area contributed by atoms with E-state index in [1.165, 1.54) is 0 Å². The van der Waals surface area contributed by atoms with E-state index in [1.54, 1.807) is 13.1 Å². The summed E-state index contributed by atoms with van der Waals surface area (Å²) < 4.78 is 8.05. The van der Waals surface area contributed by atoms with Gasteiger partial charge in [-0.25, -0.2) is 4.79 Å². The van der Waals surface area contributed by atoms with Crippen molar-refractivity contribution in [3.63, 3.8) is 0 Å². The Kier molecular flexibility index (Phi) is 6.05. The van der Waals surface area contributed by atoms with E-state index in [1.807, 2.05) is 22.8 Å². The fourth-order valence-electron chi connectivity index (χ4n) is 2.86. The molecule has 7 heteroatoms. The fraction of sp³-hybridized carbons (Fsp3) is 0.375. The molecule has 2 aromatic rings. The third-order valence-corrected chi connectivity index (χ3v) is 4.59. The number of carbonyl (C=O) groups is 1.